The lowest BCUT2D eigenvalue weighted by Crippen LogP contribution is -2.56. The van der Waals surface area contributed by atoms with Crippen LogP contribution in [0.15, 0.2) is 0 Å². The Labute approximate surface area is 403 Å². The zero-order valence-electron chi connectivity index (χ0n) is 43.0. The summed E-state index contributed by atoms with van der Waals surface area (Å²) in [5.41, 5.74) is 0. The number of nitrogens with zero attached hydrogens (tertiary/aromatic N) is 3. The fourth-order valence-corrected chi connectivity index (χ4v) is 20.7. The number of hydrogen-bond acceptors (Lipinski definition) is 3. The van der Waals surface area contributed by atoms with Crippen molar-refractivity contribution in [3.05, 3.63) is 0 Å². The van der Waals surface area contributed by atoms with E-state index >= 15 is 0 Å². The van der Waals surface area contributed by atoms with E-state index in [1.807, 2.05) is 0 Å². The maximum Gasteiger partial charge on any atom is 0.0132 e. The molecule has 0 heterocycles. The molecule has 11 fully saturated rings. The lowest BCUT2D eigenvalue weighted by molar-refractivity contribution is -0.0425. The van der Waals surface area contributed by atoms with Crippen molar-refractivity contribution in [3.63, 3.8) is 0 Å². The van der Waals surface area contributed by atoms with Crippen LogP contribution in [0.5, 0.6) is 0 Å². The second kappa shape index (κ2) is 23.0. The van der Waals surface area contributed by atoms with Gasteiger partial charge in [0.05, 0.1) is 0 Å². The number of hydrogen-bond donors (Lipinski definition) is 0. The van der Waals surface area contributed by atoms with Gasteiger partial charge in [-0.15, -0.1) is 0 Å². The zero-order valence-corrected chi connectivity index (χ0v) is 43.0. The SMILES string of the molecule is C1CCC(N(C2CCC(C3CCC(N(C4CCCCC4)C4CCCC5CCCCC54)CC3)CC2)C2CCC(C3CCC(N(C4CCCCC4)C4CCCC5CCCCC54)CC3)CC2)CC1. The first-order valence-electron chi connectivity index (χ1n) is 31.6. The fraction of sp³-hybridized carbons (Fsp3) is 1.00. The van der Waals surface area contributed by atoms with Crippen molar-refractivity contribution >= 4 is 0 Å². The van der Waals surface area contributed by atoms with E-state index in [-0.39, 0.29) is 0 Å². The van der Waals surface area contributed by atoms with E-state index in [2.05, 4.69) is 14.7 Å². The molecule has 0 amide bonds. The summed E-state index contributed by atoms with van der Waals surface area (Å²) in [5.74, 6) is 8.43. The van der Waals surface area contributed by atoms with Crippen LogP contribution >= 0.6 is 0 Å². The van der Waals surface area contributed by atoms with Crippen LogP contribution < -0.4 is 0 Å². The highest BCUT2D eigenvalue weighted by Crippen LogP contribution is 2.51. The van der Waals surface area contributed by atoms with Crippen molar-refractivity contribution in [1.29, 1.82) is 0 Å². The van der Waals surface area contributed by atoms with E-state index in [1.165, 1.54) is 135 Å². The molecule has 0 aromatic heterocycles. The highest BCUT2D eigenvalue weighted by Gasteiger charge is 2.47. The fourth-order valence-electron chi connectivity index (χ4n) is 20.7. The van der Waals surface area contributed by atoms with E-state index in [0.717, 1.165) is 102 Å². The van der Waals surface area contributed by atoms with Gasteiger partial charge in [-0.05, 0) is 214 Å². The molecule has 0 radical (unpaired) electrons. The molecule has 370 valence electrons. The Morgan fingerprint density at radius 1 is 0.154 bits per heavy atom. The standard InChI is InChI=1S/C62H107N3/c1-4-20-52(21-5-1)63(55-38-30-46(31-39-55)48-34-42-57(43-35-48)64(53-22-6-2-7-23-53)61-28-14-18-50-16-10-12-26-59(50)61)56-40-32-47(33-41-56)49-36-44-58(45-37-49)65(54-24-8-3-9-25-54)62-29-15-19-51-17-11-13-27-60(51)62/h46-62H,1-45H2. The van der Waals surface area contributed by atoms with Crippen LogP contribution in [0.4, 0.5) is 0 Å². The summed E-state index contributed by atoms with van der Waals surface area (Å²) < 4.78 is 0. The molecule has 6 unspecified atom stereocenters. The molecule has 11 rings (SSSR count). The van der Waals surface area contributed by atoms with Crippen LogP contribution in [0.2, 0.25) is 0 Å². The third-order valence-corrected chi connectivity index (χ3v) is 23.8. The predicted molar refractivity (Wildman–Crippen MR) is 275 cm³/mol. The first-order valence-corrected chi connectivity index (χ1v) is 31.6. The first kappa shape index (κ1) is 47.2. The molecule has 3 heteroatoms. The molecule has 6 atom stereocenters. The summed E-state index contributed by atoms with van der Waals surface area (Å²) in [6.45, 7) is 0. The topological polar surface area (TPSA) is 9.72 Å². The van der Waals surface area contributed by atoms with Gasteiger partial charge in [-0.3, -0.25) is 14.7 Å². The van der Waals surface area contributed by atoms with Gasteiger partial charge in [-0.25, -0.2) is 0 Å². The third-order valence-electron chi connectivity index (χ3n) is 23.8. The van der Waals surface area contributed by atoms with Crippen LogP contribution in [0.1, 0.15) is 289 Å². The first-order chi connectivity index (χ1) is 32.2. The van der Waals surface area contributed by atoms with Crippen LogP contribution in [0.3, 0.4) is 0 Å². The lowest BCUT2D eigenvalue weighted by Gasteiger charge is -2.54. The Morgan fingerprint density at radius 2 is 0.400 bits per heavy atom. The summed E-state index contributed by atoms with van der Waals surface area (Å²) in [5, 5.41) is 0. The van der Waals surface area contributed by atoms with Crippen LogP contribution in [0, 0.1) is 47.3 Å². The summed E-state index contributed by atoms with van der Waals surface area (Å²) >= 11 is 0. The molecule has 3 nitrogen and oxygen atoms in total. The Morgan fingerprint density at radius 3 is 0.738 bits per heavy atom. The van der Waals surface area contributed by atoms with Crippen molar-refractivity contribution < 1.29 is 0 Å². The summed E-state index contributed by atoms with van der Waals surface area (Å²) in [7, 11) is 0. The van der Waals surface area contributed by atoms with Gasteiger partial charge < -0.3 is 0 Å². The molecule has 0 saturated heterocycles. The molecule has 0 aliphatic heterocycles. The second-order valence-corrected chi connectivity index (χ2v) is 26.9. The maximum absolute atomic E-state index is 3.34. The van der Waals surface area contributed by atoms with Crippen LogP contribution in [-0.4, -0.2) is 69.1 Å². The van der Waals surface area contributed by atoms with E-state index in [1.54, 1.807) is 154 Å². The third kappa shape index (κ3) is 10.9. The average Bonchev–Trinajstić information content (AvgIpc) is 3.39. The molecule has 11 aliphatic rings. The van der Waals surface area contributed by atoms with E-state index in [0.29, 0.717) is 0 Å². The zero-order chi connectivity index (χ0) is 43.4. The normalized spacial score (nSPS) is 43.6. The Balaban J connectivity index is 0.678. The molecule has 0 aromatic rings. The van der Waals surface area contributed by atoms with Crippen LogP contribution in [0.25, 0.3) is 0 Å². The number of fused-ring (bicyclic) bond motifs is 2. The van der Waals surface area contributed by atoms with E-state index < -0.39 is 0 Å². The van der Waals surface area contributed by atoms with E-state index in [9.17, 15) is 0 Å². The van der Waals surface area contributed by atoms with Gasteiger partial charge in [0.25, 0.3) is 0 Å². The Bertz CT molecular complexity index is 1280. The molecule has 0 spiro atoms. The summed E-state index contributed by atoms with van der Waals surface area (Å²) in [4.78, 5) is 10.0. The molecule has 11 aliphatic carbocycles. The second-order valence-electron chi connectivity index (χ2n) is 26.9. The minimum absolute atomic E-state index is 0.911. The molecule has 0 aromatic carbocycles. The van der Waals surface area contributed by atoms with Crippen molar-refractivity contribution in [2.24, 2.45) is 47.3 Å². The van der Waals surface area contributed by atoms with Gasteiger partial charge in [-0.2, -0.15) is 0 Å². The molecular weight excluding hydrogens is 787 g/mol. The molecule has 11 saturated carbocycles. The van der Waals surface area contributed by atoms with Crippen molar-refractivity contribution in [1.82, 2.24) is 14.7 Å². The minimum atomic E-state index is 0.911. The Hall–Kier alpha value is -0.120. The summed E-state index contributed by atoms with van der Waals surface area (Å²) in [6, 6.07) is 8.34. The molecular formula is C62H107N3. The van der Waals surface area contributed by atoms with Gasteiger partial charge in [0, 0.05) is 54.4 Å². The van der Waals surface area contributed by atoms with Gasteiger partial charge in [0.2, 0.25) is 0 Å². The highest BCUT2D eigenvalue weighted by molar-refractivity contribution is 5.01. The van der Waals surface area contributed by atoms with Crippen molar-refractivity contribution in [2.75, 3.05) is 0 Å². The van der Waals surface area contributed by atoms with Gasteiger partial charge >= 0.3 is 0 Å². The molecule has 0 bridgehead atoms. The predicted octanol–water partition coefficient (Wildman–Crippen LogP) is 16.8. The van der Waals surface area contributed by atoms with Gasteiger partial charge in [-0.1, -0.05) is 122 Å². The van der Waals surface area contributed by atoms with Crippen LogP contribution in [-0.2, 0) is 0 Å². The maximum atomic E-state index is 3.34. The van der Waals surface area contributed by atoms with Gasteiger partial charge in [0.1, 0.15) is 0 Å². The molecule has 0 N–H and O–H groups in total. The quantitative estimate of drug-likeness (QED) is 0.205. The minimum Gasteiger partial charge on any atom is -0.294 e. The van der Waals surface area contributed by atoms with Crippen molar-refractivity contribution in [3.8, 4) is 0 Å². The van der Waals surface area contributed by atoms with E-state index in [4.69, 9.17) is 0 Å². The van der Waals surface area contributed by atoms with Gasteiger partial charge in [0.15, 0.2) is 0 Å². The highest BCUT2D eigenvalue weighted by atomic mass is 15.2. The smallest absolute Gasteiger partial charge is 0.0132 e. The number of rotatable bonds is 11. The Kier molecular flexibility index (Phi) is 16.7. The average molecular weight is 895 g/mol. The lowest BCUT2D eigenvalue weighted by atomic mass is 9.66. The monoisotopic (exact) mass is 894 g/mol. The largest absolute Gasteiger partial charge is 0.294 e. The van der Waals surface area contributed by atoms with Crippen molar-refractivity contribution in [2.45, 2.75) is 343 Å². The summed E-state index contributed by atoms with van der Waals surface area (Å²) in [6.07, 6.45) is 69.4. The molecule has 65 heavy (non-hydrogen) atoms.